The summed E-state index contributed by atoms with van der Waals surface area (Å²) < 4.78 is 4.73. The van der Waals surface area contributed by atoms with Gasteiger partial charge in [0.25, 0.3) is 0 Å². The largest absolute Gasteiger partial charge is 0.465 e. The molecule has 98 valence electrons. The first kappa shape index (κ1) is 13.3. The summed E-state index contributed by atoms with van der Waals surface area (Å²) >= 11 is 1.80. The molecular weight excluding hydrogens is 246 g/mol. The van der Waals surface area contributed by atoms with Gasteiger partial charge in [-0.25, -0.2) is 4.79 Å². The second-order valence-electron chi connectivity index (χ2n) is 4.59. The standard InChI is InChI=1S/C14H19NO2S/c1-17-14(16)11-8-5-9-12(13(11)15)18-10-6-3-2-4-7-10/h5,8-10H,2-4,6-7,15H2,1H3. The first-order valence-corrected chi connectivity index (χ1v) is 7.24. The number of ether oxygens (including phenoxy) is 1. The van der Waals surface area contributed by atoms with Gasteiger partial charge in [0.05, 0.1) is 18.4 Å². The molecule has 4 heteroatoms. The number of hydrogen-bond acceptors (Lipinski definition) is 4. The molecule has 0 radical (unpaired) electrons. The van der Waals surface area contributed by atoms with E-state index in [-0.39, 0.29) is 5.97 Å². The Hall–Kier alpha value is -1.16. The zero-order valence-electron chi connectivity index (χ0n) is 10.6. The third kappa shape index (κ3) is 2.99. The van der Waals surface area contributed by atoms with E-state index in [4.69, 9.17) is 10.5 Å². The average molecular weight is 265 g/mol. The van der Waals surface area contributed by atoms with Crippen LogP contribution in [-0.4, -0.2) is 18.3 Å². The number of esters is 1. The van der Waals surface area contributed by atoms with E-state index in [2.05, 4.69) is 0 Å². The Bertz CT molecular complexity index is 428. The Morgan fingerprint density at radius 2 is 2.06 bits per heavy atom. The SMILES string of the molecule is COC(=O)c1cccc(SC2CCCCC2)c1N. The van der Waals surface area contributed by atoms with Gasteiger partial charge >= 0.3 is 5.97 Å². The minimum Gasteiger partial charge on any atom is -0.465 e. The van der Waals surface area contributed by atoms with Crippen molar-refractivity contribution in [3.05, 3.63) is 23.8 Å². The molecule has 0 heterocycles. The van der Waals surface area contributed by atoms with Crippen LogP contribution in [0.25, 0.3) is 0 Å². The second-order valence-corrected chi connectivity index (χ2v) is 5.93. The van der Waals surface area contributed by atoms with E-state index in [0.717, 1.165) is 4.90 Å². The normalized spacial score (nSPS) is 16.5. The Morgan fingerprint density at radius 3 is 2.72 bits per heavy atom. The summed E-state index contributed by atoms with van der Waals surface area (Å²) in [6, 6.07) is 5.57. The molecule has 2 N–H and O–H groups in total. The van der Waals surface area contributed by atoms with Gasteiger partial charge in [-0.2, -0.15) is 0 Å². The minimum atomic E-state index is -0.362. The molecule has 0 unspecified atom stereocenters. The summed E-state index contributed by atoms with van der Waals surface area (Å²) in [6.07, 6.45) is 6.43. The lowest BCUT2D eigenvalue weighted by Crippen LogP contribution is -2.10. The van der Waals surface area contributed by atoms with Crippen LogP contribution in [0.3, 0.4) is 0 Å². The third-order valence-electron chi connectivity index (χ3n) is 3.32. The number of para-hydroxylation sites is 1. The molecule has 1 aromatic carbocycles. The van der Waals surface area contributed by atoms with Crippen LogP contribution in [0.4, 0.5) is 5.69 Å². The summed E-state index contributed by atoms with van der Waals surface area (Å²) in [7, 11) is 1.38. The van der Waals surface area contributed by atoms with E-state index in [1.165, 1.54) is 39.2 Å². The van der Waals surface area contributed by atoms with Crippen LogP contribution < -0.4 is 5.73 Å². The number of hydrogen-bond donors (Lipinski definition) is 1. The topological polar surface area (TPSA) is 52.3 Å². The predicted octanol–water partition coefficient (Wildman–Crippen LogP) is 3.48. The van der Waals surface area contributed by atoms with Gasteiger partial charge in [0.15, 0.2) is 0 Å². The molecule has 0 saturated heterocycles. The number of rotatable bonds is 3. The molecule has 1 aromatic rings. The lowest BCUT2D eigenvalue weighted by molar-refractivity contribution is 0.0601. The smallest absolute Gasteiger partial charge is 0.339 e. The maximum Gasteiger partial charge on any atom is 0.339 e. The van der Waals surface area contributed by atoms with E-state index in [1.807, 2.05) is 12.1 Å². The molecule has 0 aromatic heterocycles. The first-order valence-electron chi connectivity index (χ1n) is 6.36. The zero-order valence-corrected chi connectivity index (χ0v) is 11.5. The Labute approximate surface area is 112 Å². The highest BCUT2D eigenvalue weighted by Gasteiger charge is 2.18. The summed E-state index contributed by atoms with van der Waals surface area (Å²) in [5, 5.41) is 0.633. The number of anilines is 1. The van der Waals surface area contributed by atoms with Crippen molar-refractivity contribution in [3.8, 4) is 0 Å². The van der Waals surface area contributed by atoms with E-state index in [9.17, 15) is 4.79 Å². The van der Waals surface area contributed by atoms with E-state index in [1.54, 1.807) is 17.8 Å². The van der Waals surface area contributed by atoms with Crippen molar-refractivity contribution in [2.45, 2.75) is 42.2 Å². The predicted molar refractivity (Wildman–Crippen MR) is 74.9 cm³/mol. The molecule has 0 aliphatic heterocycles. The van der Waals surface area contributed by atoms with Crippen molar-refractivity contribution >= 4 is 23.4 Å². The minimum absolute atomic E-state index is 0.362. The molecule has 1 saturated carbocycles. The van der Waals surface area contributed by atoms with Crippen molar-refractivity contribution < 1.29 is 9.53 Å². The summed E-state index contributed by atoms with van der Waals surface area (Å²) in [6.45, 7) is 0. The number of carbonyl (C=O) groups is 1. The molecule has 3 nitrogen and oxygen atoms in total. The molecule has 18 heavy (non-hydrogen) atoms. The molecule has 1 aliphatic carbocycles. The second kappa shape index (κ2) is 6.14. The molecule has 0 atom stereocenters. The van der Waals surface area contributed by atoms with Crippen LogP contribution in [-0.2, 0) is 4.74 Å². The zero-order chi connectivity index (χ0) is 13.0. The Balaban J connectivity index is 2.15. The van der Waals surface area contributed by atoms with E-state index in [0.29, 0.717) is 16.5 Å². The van der Waals surface area contributed by atoms with Crippen molar-refractivity contribution in [3.63, 3.8) is 0 Å². The molecule has 0 bridgehead atoms. The monoisotopic (exact) mass is 265 g/mol. The van der Waals surface area contributed by atoms with Gasteiger partial charge in [0.2, 0.25) is 0 Å². The maximum absolute atomic E-state index is 11.6. The molecule has 1 aliphatic rings. The van der Waals surface area contributed by atoms with Crippen LogP contribution in [0.15, 0.2) is 23.1 Å². The molecule has 1 fully saturated rings. The quantitative estimate of drug-likeness (QED) is 0.671. The summed E-state index contributed by atoms with van der Waals surface area (Å²) in [4.78, 5) is 12.6. The molecule has 0 spiro atoms. The lowest BCUT2D eigenvalue weighted by atomic mass is 10.0. The number of methoxy groups -OCH3 is 1. The van der Waals surface area contributed by atoms with Crippen LogP contribution >= 0.6 is 11.8 Å². The van der Waals surface area contributed by atoms with Crippen molar-refractivity contribution in [2.24, 2.45) is 0 Å². The highest BCUT2D eigenvalue weighted by molar-refractivity contribution is 8.00. The summed E-state index contributed by atoms with van der Waals surface area (Å²) in [5.41, 5.74) is 7.08. The van der Waals surface area contributed by atoms with Gasteiger partial charge < -0.3 is 10.5 Å². The molecule has 2 rings (SSSR count). The average Bonchev–Trinajstić information content (AvgIpc) is 2.41. The molecule has 0 amide bonds. The molecular formula is C14H19NO2S. The van der Waals surface area contributed by atoms with Gasteiger partial charge in [-0.15, -0.1) is 11.8 Å². The maximum atomic E-state index is 11.6. The number of nitrogens with two attached hydrogens (primary N) is 1. The fourth-order valence-electron chi connectivity index (χ4n) is 2.30. The van der Waals surface area contributed by atoms with E-state index < -0.39 is 0 Å². The van der Waals surface area contributed by atoms with Gasteiger partial charge in [-0.1, -0.05) is 25.3 Å². The van der Waals surface area contributed by atoms with Gasteiger partial charge in [0.1, 0.15) is 0 Å². The van der Waals surface area contributed by atoms with Crippen molar-refractivity contribution in [2.75, 3.05) is 12.8 Å². The Kier molecular flexibility index (Phi) is 4.53. The van der Waals surface area contributed by atoms with Crippen molar-refractivity contribution in [1.29, 1.82) is 0 Å². The fourth-order valence-corrected chi connectivity index (χ4v) is 3.62. The number of thioether (sulfide) groups is 1. The van der Waals surface area contributed by atoms with Gasteiger partial charge in [-0.05, 0) is 25.0 Å². The van der Waals surface area contributed by atoms with Crippen molar-refractivity contribution in [1.82, 2.24) is 0 Å². The lowest BCUT2D eigenvalue weighted by Gasteiger charge is -2.22. The number of nitrogen functional groups attached to an aromatic ring is 1. The van der Waals surface area contributed by atoms with Crippen LogP contribution in [0.1, 0.15) is 42.5 Å². The van der Waals surface area contributed by atoms with Gasteiger partial charge in [-0.3, -0.25) is 0 Å². The number of carbonyl (C=O) groups excluding carboxylic acids is 1. The highest BCUT2D eigenvalue weighted by atomic mass is 32.2. The van der Waals surface area contributed by atoms with Gasteiger partial charge in [0, 0.05) is 10.1 Å². The van der Waals surface area contributed by atoms with Crippen LogP contribution in [0.5, 0.6) is 0 Å². The van der Waals surface area contributed by atoms with Crippen LogP contribution in [0.2, 0.25) is 0 Å². The van der Waals surface area contributed by atoms with Crippen LogP contribution in [0, 0.1) is 0 Å². The van der Waals surface area contributed by atoms with E-state index >= 15 is 0 Å². The Morgan fingerprint density at radius 1 is 1.33 bits per heavy atom. The fraction of sp³-hybridized carbons (Fsp3) is 0.500. The summed E-state index contributed by atoms with van der Waals surface area (Å²) in [5.74, 6) is -0.362. The number of benzene rings is 1. The third-order valence-corrected chi connectivity index (χ3v) is 4.73. The highest BCUT2D eigenvalue weighted by Crippen LogP contribution is 2.37. The first-order chi connectivity index (χ1) is 8.72.